The number of rotatable bonds is 6. The Morgan fingerprint density at radius 2 is 2.19 bits per heavy atom. The van der Waals surface area contributed by atoms with Crippen LogP contribution < -0.4 is 10.6 Å². The summed E-state index contributed by atoms with van der Waals surface area (Å²) in [7, 11) is 0. The van der Waals surface area contributed by atoms with Gasteiger partial charge in [-0.2, -0.15) is 0 Å². The molecule has 0 spiro atoms. The van der Waals surface area contributed by atoms with E-state index in [4.69, 9.17) is 0 Å². The second kappa shape index (κ2) is 7.81. The summed E-state index contributed by atoms with van der Waals surface area (Å²) in [6, 6.07) is 1.99. The van der Waals surface area contributed by atoms with Crippen LogP contribution in [0.15, 0.2) is 30.1 Å². The molecule has 0 bridgehead atoms. The summed E-state index contributed by atoms with van der Waals surface area (Å²) in [6.07, 6.45) is 11.9. The summed E-state index contributed by atoms with van der Waals surface area (Å²) < 4.78 is 0. The number of aromatic nitrogens is 1. The topological polar surface area (TPSA) is 54.0 Å². The fraction of sp³-hybridized carbons (Fsp3) is 0.529. The number of carbonyl (C=O) groups is 1. The van der Waals surface area contributed by atoms with Crippen LogP contribution in [0.5, 0.6) is 0 Å². The monoisotopic (exact) mass is 287 g/mol. The van der Waals surface area contributed by atoms with Gasteiger partial charge in [-0.15, -0.1) is 0 Å². The zero-order valence-electron chi connectivity index (χ0n) is 13.0. The van der Waals surface area contributed by atoms with Gasteiger partial charge >= 0.3 is 0 Å². The van der Waals surface area contributed by atoms with Crippen molar-refractivity contribution in [3.05, 3.63) is 35.7 Å². The highest BCUT2D eigenvalue weighted by atomic mass is 16.1. The van der Waals surface area contributed by atoms with E-state index in [-0.39, 0.29) is 11.9 Å². The molecular formula is C17H25N3O. The number of amides is 1. The molecule has 1 amide bonds. The van der Waals surface area contributed by atoms with E-state index < -0.39 is 0 Å². The summed E-state index contributed by atoms with van der Waals surface area (Å²) in [5, 5.41) is 6.24. The van der Waals surface area contributed by atoms with E-state index in [2.05, 4.69) is 21.7 Å². The Balaban J connectivity index is 1.86. The quantitative estimate of drug-likeness (QED) is 0.787. The van der Waals surface area contributed by atoms with Crippen molar-refractivity contribution in [2.75, 3.05) is 11.9 Å². The van der Waals surface area contributed by atoms with Crippen molar-refractivity contribution < 1.29 is 4.79 Å². The normalized spacial score (nSPS) is 14.7. The molecule has 2 N–H and O–H groups in total. The highest BCUT2D eigenvalue weighted by Gasteiger charge is 2.08. The van der Waals surface area contributed by atoms with Gasteiger partial charge in [0, 0.05) is 25.0 Å². The van der Waals surface area contributed by atoms with Gasteiger partial charge in [0.25, 0.3) is 5.91 Å². The van der Waals surface area contributed by atoms with E-state index in [1.807, 2.05) is 19.9 Å². The molecule has 0 saturated carbocycles. The fourth-order valence-electron chi connectivity index (χ4n) is 2.51. The molecule has 0 aliphatic heterocycles. The first-order chi connectivity index (χ1) is 10.1. The van der Waals surface area contributed by atoms with E-state index in [0.717, 1.165) is 18.7 Å². The van der Waals surface area contributed by atoms with Crippen molar-refractivity contribution in [1.29, 1.82) is 0 Å². The predicted octanol–water partition coefficient (Wildman–Crippen LogP) is 3.52. The average molecular weight is 287 g/mol. The third-order valence-corrected chi connectivity index (χ3v) is 3.58. The van der Waals surface area contributed by atoms with Gasteiger partial charge in [-0.1, -0.05) is 11.6 Å². The number of allylic oxidation sites excluding steroid dienone is 1. The molecule has 0 unspecified atom stereocenters. The van der Waals surface area contributed by atoms with Crippen LogP contribution in [0.2, 0.25) is 0 Å². The van der Waals surface area contributed by atoms with Crippen molar-refractivity contribution in [3.63, 3.8) is 0 Å². The van der Waals surface area contributed by atoms with Gasteiger partial charge < -0.3 is 10.6 Å². The number of nitrogens with one attached hydrogen (secondary N) is 2. The van der Waals surface area contributed by atoms with Crippen LogP contribution in [0.1, 0.15) is 56.3 Å². The predicted molar refractivity (Wildman–Crippen MR) is 86.5 cm³/mol. The molecule has 2 rings (SSSR count). The lowest BCUT2D eigenvalue weighted by atomic mass is 9.97. The van der Waals surface area contributed by atoms with Crippen LogP contribution in [0, 0.1) is 0 Å². The lowest BCUT2D eigenvalue weighted by Gasteiger charge is -2.14. The Bertz CT molecular complexity index is 509. The lowest BCUT2D eigenvalue weighted by molar-refractivity contribution is 0.0943. The summed E-state index contributed by atoms with van der Waals surface area (Å²) >= 11 is 0. The molecule has 4 heteroatoms. The van der Waals surface area contributed by atoms with Gasteiger partial charge in [-0.05, 0) is 52.0 Å². The van der Waals surface area contributed by atoms with Gasteiger partial charge in [0.15, 0.2) is 0 Å². The van der Waals surface area contributed by atoms with Crippen LogP contribution in [0.25, 0.3) is 0 Å². The van der Waals surface area contributed by atoms with Crippen LogP contribution in [0.4, 0.5) is 5.69 Å². The van der Waals surface area contributed by atoms with Crippen molar-refractivity contribution in [2.45, 2.75) is 52.0 Å². The Morgan fingerprint density at radius 3 is 2.90 bits per heavy atom. The maximum atomic E-state index is 11.9. The molecule has 1 aromatic heterocycles. The Labute approximate surface area is 127 Å². The first-order valence-corrected chi connectivity index (χ1v) is 7.83. The van der Waals surface area contributed by atoms with Crippen molar-refractivity contribution in [1.82, 2.24) is 10.3 Å². The first kappa shape index (κ1) is 15.5. The van der Waals surface area contributed by atoms with Gasteiger partial charge in [0.2, 0.25) is 0 Å². The number of pyridine rings is 1. The average Bonchev–Trinajstić information content (AvgIpc) is 2.48. The van der Waals surface area contributed by atoms with Crippen molar-refractivity contribution in [2.24, 2.45) is 0 Å². The highest BCUT2D eigenvalue weighted by molar-refractivity contribution is 5.94. The van der Waals surface area contributed by atoms with E-state index in [0.29, 0.717) is 5.56 Å². The maximum absolute atomic E-state index is 11.9. The number of nitrogens with zero attached hydrogens (tertiary/aromatic N) is 1. The molecule has 0 radical (unpaired) electrons. The fourth-order valence-corrected chi connectivity index (χ4v) is 2.51. The van der Waals surface area contributed by atoms with Gasteiger partial charge in [-0.3, -0.25) is 9.78 Å². The third-order valence-electron chi connectivity index (χ3n) is 3.58. The summed E-state index contributed by atoms with van der Waals surface area (Å²) in [5.41, 5.74) is 3.06. The number of hydrogen-bond acceptors (Lipinski definition) is 3. The number of hydrogen-bond donors (Lipinski definition) is 2. The number of anilines is 1. The standard InChI is InChI=1S/C17H25N3O/c1-13(2)20-17(21)15-10-16(12-18-11-15)19-9-8-14-6-4-3-5-7-14/h6,10-13,19H,3-5,7-9H2,1-2H3,(H,20,21). The first-order valence-electron chi connectivity index (χ1n) is 7.83. The maximum Gasteiger partial charge on any atom is 0.253 e. The summed E-state index contributed by atoms with van der Waals surface area (Å²) in [4.78, 5) is 16.1. The molecule has 0 saturated heterocycles. The van der Waals surface area contributed by atoms with Crippen LogP contribution in [-0.2, 0) is 0 Å². The van der Waals surface area contributed by atoms with E-state index >= 15 is 0 Å². The zero-order valence-corrected chi connectivity index (χ0v) is 13.0. The molecule has 21 heavy (non-hydrogen) atoms. The summed E-state index contributed by atoms with van der Waals surface area (Å²) in [6.45, 7) is 4.79. The van der Waals surface area contributed by atoms with Crippen LogP contribution in [-0.4, -0.2) is 23.5 Å². The Morgan fingerprint density at radius 1 is 1.33 bits per heavy atom. The number of carbonyl (C=O) groups excluding carboxylic acids is 1. The van der Waals surface area contributed by atoms with Gasteiger partial charge in [0.05, 0.1) is 11.3 Å². The second-order valence-corrected chi connectivity index (χ2v) is 5.88. The molecule has 0 aromatic carbocycles. The molecule has 0 atom stereocenters. The molecule has 1 aromatic rings. The smallest absolute Gasteiger partial charge is 0.253 e. The second-order valence-electron chi connectivity index (χ2n) is 5.88. The SMILES string of the molecule is CC(C)NC(=O)c1cncc(NCCC2=CCCCC2)c1. The lowest BCUT2D eigenvalue weighted by Crippen LogP contribution is -2.30. The van der Waals surface area contributed by atoms with E-state index in [1.165, 1.54) is 25.7 Å². The molecule has 1 aliphatic carbocycles. The van der Waals surface area contributed by atoms with Crippen LogP contribution >= 0.6 is 0 Å². The van der Waals surface area contributed by atoms with Crippen LogP contribution in [0.3, 0.4) is 0 Å². The highest BCUT2D eigenvalue weighted by Crippen LogP contribution is 2.20. The minimum Gasteiger partial charge on any atom is -0.383 e. The zero-order chi connectivity index (χ0) is 15.1. The minimum absolute atomic E-state index is 0.0730. The van der Waals surface area contributed by atoms with Crippen molar-refractivity contribution in [3.8, 4) is 0 Å². The van der Waals surface area contributed by atoms with E-state index in [9.17, 15) is 4.79 Å². The largest absolute Gasteiger partial charge is 0.383 e. The third kappa shape index (κ3) is 5.21. The Hall–Kier alpha value is -1.84. The summed E-state index contributed by atoms with van der Waals surface area (Å²) in [5.74, 6) is -0.0730. The Kier molecular flexibility index (Phi) is 5.78. The van der Waals surface area contributed by atoms with Crippen molar-refractivity contribution >= 4 is 11.6 Å². The van der Waals surface area contributed by atoms with Gasteiger partial charge in [-0.25, -0.2) is 0 Å². The molecule has 1 aliphatic rings. The van der Waals surface area contributed by atoms with Gasteiger partial charge in [0.1, 0.15) is 0 Å². The molecule has 0 fully saturated rings. The minimum atomic E-state index is -0.0730. The molecule has 1 heterocycles. The van der Waals surface area contributed by atoms with E-state index in [1.54, 1.807) is 18.0 Å². The molecular weight excluding hydrogens is 262 g/mol. The molecule has 4 nitrogen and oxygen atoms in total. The molecule has 114 valence electrons.